The van der Waals surface area contributed by atoms with Gasteiger partial charge in [0, 0.05) is 16.9 Å². The smallest absolute Gasteiger partial charge is 0.151 e. The number of aldehydes is 1. The van der Waals surface area contributed by atoms with Crippen LogP contribution in [0.15, 0.2) is 60.7 Å². The van der Waals surface area contributed by atoms with E-state index in [1.54, 1.807) is 0 Å². The SMILES string of the molecule is Cc1ccc(-n2c(-c3ccccc3)cc(C=O)c2C)cc1. The molecule has 0 radical (unpaired) electrons. The van der Waals surface area contributed by atoms with Crippen molar-refractivity contribution < 1.29 is 4.79 Å². The van der Waals surface area contributed by atoms with Crippen LogP contribution in [0.25, 0.3) is 16.9 Å². The molecule has 1 heterocycles. The molecule has 0 aliphatic heterocycles. The molecule has 104 valence electrons. The third kappa shape index (κ3) is 2.40. The Labute approximate surface area is 124 Å². The van der Waals surface area contributed by atoms with Crippen LogP contribution in [0.1, 0.15) is 21.6 Å². The molecular formula is C19H17NO. The molecule has 3 aromatic rings. The van der Waals surface area contributed by atoms with Crippen molar-refractivity contribution in [2.45, 2.75) is 13.8 Å². The minimum Gasteiger partial charge on any atom is -0.313 e. The van der Waals surface area contributed by atoms with Gasteiger partial charge in [-0.1, -0.05) is 48.0 Å². The Hall–Kier alpha value is -2.61. The Balaban J connectivity index is 2.25. The second kappa shape index (κ2) is 5.41. The van der Waals surface area contributed by atoms with E-state index in [-0.39, 0.29) is 0 Å². The molecule has 0 bridgehead atoms. The van der Waals surface area contributed by atoms with Crippen LogP contribution in [-0.2, 0) is 0 Å². The maximum absolute atomic E-state index is 11.3. The number of hydrogen-bond donors (Lipinski definition) is 0. The van der Waals surface area contributed by atoms with E-state index in [4.69, 9.17) is 0 Å². The first-order valence-corrected chi connectivity index (χ1v) is 7.00. The maximum atomic E-state index is 11.3. The monoisotopic (exact) mass is 275 g/mol. The lowest BCUT2D eigenvalue weighted by Crippen LogP contribution is -1.99. The summed E-state index contributed by atoms with van der Waals surface area (Å²) >= 11 is 0. The summed E-state index contributed by atoms with van der Waals surface area (Å²) in [4.78, 5) is 11.3. The zero-order chi connectivity index (χ0) is 14.8. The Morgan fingerprint density at radius 2 is 1.57 bits per heavy atom. The van der Waals surface area contributed by atoms with Gasteiger partial charge in [-0.05, 0) is 37.6 Å². The van der Waals surface area contributed by atoms with Crippen LogP contribution in [-0.4, -0.2) is 10.9 Å². The molecule has 2 aromatic carbocycles. The topological polar surface area (TPSA) is 22.0 Å². The van der Waals surface area contributed by atoms with Crippen molar-refractivity contribution in [1.82, 2.24) is 4.57 Å². The lowest BCUT2D eigenvalue weighted by atomic mass is 10.1. The number of aromatic nitrogens is 1. The van der Waals surface area contributed by atoms with Crippen LogP contribution in [0, 0.1) is 13.8 Å². The van der Waals surface area contributed by atoms with E-state index in [0.29, 0.717) is 0 Å². The van der Waals surface area contributed by atoms with Gasteiger partial charge >= 0.3 is 0 Å². The van der Waals surface area contributed by atoms with E-state index < -0.39 is 0 Å². The van der Waals surface area contributed by atoms with Crippen molar-refractivity contribution in [2.75, 3.05) is 0 Å². The fourth-order valence-electron chi connectivity index (χ4n) is 2.59. The van der Waals surface area contributed by atoms with Crippen molar-refractivity contribution in [3.8, 4) is 16.9 Å². The van der Waals surface area contributed by atoms with Gasteiger partial charge in [-0.3, -0.25) is 4.79 Å². The van der Waals surface area contributed by atoms with Crippen LogP contribution >= 0.6 is 0 Å². The van der Waals surface area contributed by atoms with Gasteiger partial charge < -0.3 is 4.57 Å². The number of carbonyl (C=O) groups is 1. The number of hydrogen-bond acceptors (Lipinski definition) is 1. The maximum Gasteiger partial charge on any atom is 0.151 e. The van der Waals surface area contributed by atoms with Crippen LogP contribution in [0.2, 0.25) is 0 Å². The zero-order valence-corrected chi connectivity index (χ0v) is 12.2. The Bertz CT molecular complexity index is 767. The molecule has 0 aliphatic carbocycles. The normalized spacial score (nSPS) is 10.6. The molecule has 0 aliphatic rings. The summed E-state index contributed by atoms with van der Waals surface area (Å²) in [6.45, 7) is 4.05. The number of nitrogens with zero attached hydrogens (tertiary/aromatic N) is 1. The van der Waals surface area contributed by atoms with Gasteiger partial charge in [-0.2, -0.15) is 0 Å². The van der Waals surface area contributed by atoms with Gasteiger partial charge in [0.2, 0.25) is 0 Å². The predicted octanol–water partition coefficient (Wildman–Crippen LogP) is 4.57. The number of aryl methyl sites for hydroxylation is 1. The lowest BCUT2D eigenvalue weighted by molar-refractivity contribution is 0.112. The molecule has 0 fully saturated rings. The molecule has 2 heteroatoms. The molecule has 21 heavy (non-hydrogen) atoms. The number of rotatable bonds is 3. The summed E-state index contributed by atoms with van der Waals surface area (Å²) in [6, 6.07) is 20.5. The van der Waals surface area contributed by atoms with Crippen LogP contribution in [0.4, 0.5) is 0 Å². The first-order chi connectivity index (χ1) is 10.2. The standard InChI is InChI=1S/C19H17NO/c1-14-8-10-18(11-9-14)20-15(2)17(13-21)12-19(20)16-6-4-3-5-7-16/h3-13H,1-2H3. The molecule has 0 saturated carbocycles. The van der Waals surface area contributed by atoms with Gasteiger partial charge in [0.05, 0.1) is 5.69 Å². The van der Waals surface area contributed by atoms with Gasteiger partial charge in [0.1, 0.15) is 0 Å². The van der Waals surface area contributed by atoms with E-state index in [9.17, 15) is 4.79 Å². The third-order valence-electron chi connectivity index (χ3n) is 3.78. The van der Waals surface area contributed by atoms with Crippen LogP contribution in [0.5, 0.6) is 0 Å². The summed E-state index contributed by atoms with van der Waals surface area (Å²) in [7, 11) is 0. The van der Waals surface area contributed by atoms with Crippen molar-refractivity contribution in [3.63, 3.8) is 0 Å². The van der Waals surface area contributed by atoms with Crippen molar-refractivity contribution >= 4 is 6.29 Å². The molecule has 3 rings (SSSR count). The Morgan fingerprint density at radius 3 is 2.19 bits per heavy atom. The molecule has 0 N–H and O–H groups in total. The Morgan fingerprint density at radius 1 is 0.905 bits per heavy atom. The van der Waals surface area contributed by atoms with E-state index in [2.05, 4.69) is 47.9 Å². The van der Waals surface area contributed by atoms with Crippen molar-refractivity contribution in [2.24, 2.45) is 0 Å². The molecule has 0 amide bonds. The predicted molar refractivity (Wildman–Crippen MR) is 86.1 cm³/mol. The fraction of sp³-hybridized carbons (Fsp3) is 0.105. The first-order valence-electron chi connectivity index (χ1n) is 7.00. The molecule has 0 atom stereocenters. The highest BCUT2D eigenvalue weighted by Gasteiger charge is 2.14. The van der Waals surface area contributed by atoms with Gasteiger partial charge in [0.25, 0.3) is 0 Å². The largest absolute Gasteiger partial charge is 0.313 e. The summed E-state index contributed by atoms with van der Waals surface area (Å²) < 4.78 is 2.14. The first kappa shape index (κ1) is 13.4. The highest BCUT2D eigenvalue weighted by Crippen LogP contribution is 2.28. The van der Waals surface area contributed by atoms with E-state index >= 15 is 0 Å². The van der Waals surface area contributed by atoms with Crippen LogP contribution in [0.3, 0.4) is 0 Å². The van der Waals surface area contributed by atoms with Gasteiger partial charge in [0.15, 0.2) is 6.29 Å². The summed E-state index contributed by atoms with van der Waals surface area (Å²) in [5.74, 6) is 0. The molecule has 0 saturated heterocycles. The summed E-state index contributed by atoms with van der Waals surface area (Å²) in [6.07, 6.45) is 0.923. The van der Waals surface area contributed by atoms with Gasteiger partial charge in [-0.15, -0.1) is 0 Å². The van der Waals surface area contributed by atoms with Crippen molar-refractivity contribution in [1.29, 1.82) is 0 Å². The second-order valence-electron chi connectivity index (χ2n) is 5.23. The molecular weight excluding hydrogens is 258 g/mol. The fourth-order valence-corrected chi connectivity index (χ4v) is 2.59. The van der Waals surface area contributed by atoms with Gasteiger partial charge in [-0.25, -0.2) is 0 Å². The highest BCUT2D eigenvalue weighted by molar-refractivity contribution is 5.82. The molecule has 2 nitrogen and oxygen atoms in total. The molecule has 1 aromatic heterocycles. The average molecular weight is 275 g/mol. The quantitative estimate of drug-likeness (QED) is 0.642. The van der Waals surface area contributed by atoms with Crippen LogP contribution < -0.4 is 0 Å². The Kier molecular flexibility index (Phi) is 3.44. The van der Waals surface area contributed by atoms with Crippen molar-refractivity contribution in [3.05, 3.63) is 77.5 Å². The second-order valence-corrected chi connectivity index (χ2v) is 5.23. The van der Waals surface area contributed by atoms with E-state index in [1.807, 2.05) is 31.2 Å². The molecule has 0 spiro atoms. The molecule has 0 unspecified atom stereocenters. The lowest BCUT2D eigenvalue weighted by Gasteiger charge is -2.12. The minimum atomic E-state index is 0.731. The van der Waals surface area contributed by atoms with E-state index in [1.165, 1.54) is 5.56 Å². The number of benzene rings is 2. The number of carbonyl (C=O) groups excluding carboxylic acids is 1. The third-order valence-corrected chi connectivity index (χ3v) is 3.78. The minimum absolute atomic E-state index is 0.731. The summed E-state index contributed by atoms with van der Waals surface area (Å²) in [5.41, 5.74) is 6.14. The zero-order valence-electron chi connectivity index (χ0n) is 12.2. The summed E-state index contributed by atoms with van der Waals surface area (Å²) in [5, 5.41) is 0. The average Bonchev–Trinajstić information content (AvgIpc) is 2.86. The highest BCUT2D eigenvalue weighted by atomic mass is 16.1. The van der Waals surface area contributed by atoms with E-state index in [0.717, 1.165) is 34.5 Å².